The van der Waals surface area contributed by atoms with Gasteiger partial charge in [-0.15, -0.1) is 0 Å². The average molecular weight is 459 g/mol. The summed E-state index contributed by atoms with van der Waals surface area (Å²) < 4.78 is 6.38. The zero-order valence-electron chi connectivity index (χ0n) is 20.4. The molecule has 0 spiro atoms. The van der Waals surface area contributed by atoms with Crippen molar-refractivity contribution >= 4 is 17.4 Å². The number of unbranched alkanes of at least 4 members (excludes halogenated alkanes) is 1. The summed E-state index contributed by atoms with van der Waals surface area (Å²) in [5.41, 5.74) is 3.68. The molecule has 0 fully saturated rings. The van der Waals surface area contributed by atoms with Crippen LogP contribution in [0.15, 0.2) is 60.8 Å². The second-order valence-corrected chi connectivity index (χ2v) is 8.78. The molecule has 1 aliphatic rings. The lowest BCUT2D eigenvalue weighted by atomic mass is 10.0. The third kappa shape index (κ3) is 5.45. The molecule has 2 heterocycles. The Bertz CT molecular complexity index is 1100. The fourth-order valence-corrected chi connectivity index (χ4v) is 4.28. The van der Waals surface area contributed by atoms with E-state index >= 15 is 0 Å². The van der Waals surface area contributed by atoms with Gasteiger partial charge in [-0.25, -0.2) is 9.97 Å². The number of aryl methyl sites for hydroxylation is 1. The molecule has 1 atom stereocenters. The molecule has 1 unspecified atom stereocenters. The van der Waals surface area contributed by atoms with Gasteiger partial charge < -0.3 is 14.5 Å². The Morgan fingerprint density at radius 3 is 2.65 bits per heavy atom. The van der Waals surface area contributed by atoms with Gasteiger partial charge in [0.15, 0.2) is 0 Å². The van der Waals surface area contributed by atoms with Gasteiger partial charge in [-0.2, -0.15) is 0 Å². The maximum atomic E-state index is 13.5. The van der Waals surface area contributed by atoms with Crippen LogP contribution in [0.2, 0.25) is 0 Å². The number of aromatic nitrogens is 2. The zero-order chi connectivity index (χ0) is 23.9. The average Bonchev–Trinajstić information content (AvgIpc) is 3.00. The normalized spacial score (nSPS) is 14.6. The molecule has 1 aliphatic heterocycles. The van der Waals surface area contributed by atoms with E-state index in [0.717, 1.165) is 42.8 Å². The fourth-order valence-electron chi connectivity index (χ4n) is 4.28. The predicted molar refractivity (Wildman–Crippen MR) is 136 cm³/mol. The van der Waals surface area contributed by atoms with Crippen molar-refractivity contribution in [1.82, 2.24) is 9.97 Å². The summed E-state index contributed by atoms with van der Waals surface area (Å²) in [6.45, 7) is 6.00. The van der Waals surface area contributed by atoms with E-state index in [2.05, 4.69) is 53.3 Å². The maximum Gasteiger partial charge on any atom is 0.263 e. The number of likely N-dealkylation sites (N-methyl/N-ethyl adjacent to an activating group) is 1. The smallest absolute Gasteiger partial charge is 0.263 e. The van der Waals surface area contributed by atoms with Gasteiger partial charge in [0.25, 0.3) is 5.91 Å². The van der Waals surface area contributed by atoms with E-state index in [1.54, 1.807) is 6.20 Å². The van der Waals surface area contributed by atoms with Crippen molar-refractivity contribution in [3.05, 3.63) is 83.3 Å². The van der Waals surface area contributed by atoms with Crippen molar-refractivity contribution in [1.29, 1.82) is 0 Å². The maximum absolute atomic E-state index is 13.5. The minimum atomic E-state index is -0.0646. The molecule has 1 aromatic heterocycles. The quantitative estimate of drug-likeness (QED) is 0.419. The molecule has 3 aromatic rings. The van der Waals surface area contributed by atoms with Crippen LogP contribution < -0.4 is 9.80 Å². The number of amides is 1. The van der Waals surface area contributed by atoms with Crippen molar-refractivity contribution in [2.75, 3.05) is 29.9 Å². The largest absolute Gasteiger partial charge is 0.369 e. The third-order valence-electron chi connectivity index (χ3n) is 6.30. The molecule has 0 radical (unpaired) electrons. The SMILES string of the molecule is CCCCC(OCc1cccc(N2CCN(C)c3nc(CC)ncc3C2=O)c1)c1ccccc1. The molecule has 1 amide bonds. The minimum absolute atomic E-state index is 0.0646. The van der Waals surface area contributed by atoms with E-state index in [4.69, 9.17) is 4.74 Å². The Labute approximate surface area is 202 Å². The van der Waals surface area contributed by atoms with Gasteiger partial charge in [-0.05, 0) is 29.7 Å². The van der Waals surface area contributed by atoms with Crippen LogP contribution in [0.25, 0.3) is 0 Å². The molecule has 2 aromatic carbocycles. The Morgan fingerprint density at radius 1 is 1.06 bits per heavy atom. The highest BCUT2D eigenvalue weighted by atomic mass is 16.5. The number of rotatable bonds is 9. The second-order valence-electron chi connectivity index (χ2n) is 8.78. The second kappa shape index (κ2) is 11.3. The van der Waals surface area contributed by atoms with Crippen LogP contribution in [0.1, 0.15) is 66.5 Å². The van der Waals surface area contributed by atoms with Crippen molar-refractivity contribution < 1.29 is 9.53 Å². The van der Waals surface area contributed by atoms with Crippen LogP contribution in [-0.2, 0) is 17.8 Å². The molecule has 6 heteroatoms. The van der Waals surface area contributed by atoms with Gasteiger partial charge in [0.05, 0.1) is 12.7 Å². The number of ether oxygens (including phenoxy) is 1. The van der Waals surface area contributed by atoms with E-state index in [1.165, 1.54) is 5.56 Å². The predicted octanol–water partition coefficient (Wildman–Crippen LogP) is 5.58. The number of benzene rings is 2. The lowest BCUT2D eigenvalue weighted by molar-refractivity contribution is 0.0324. The number of carbonyl (C=O) groups is 1. The van der Waals surface area contributed by atoms with Crippen LogP contribution in [0.3, 0.4) is 0 Å². The number of hydrogen-bond donors (Lipinski definition) is 0. The monoisotopic (exact) mass is 458 g/mol. The number of anilines is 2. The summed E-state index contributed by atoms with van der Waals surface area (Å²) in [5, 5.41) is 0. The van der Waals surface area contributed by atoms with Gasteiger partial charge in [0, 0.05) is 38.4 Å². The Balaban J connectivity index is 1.53. The standard InChI is InChI=1S/C28H34N4O2/c1-4-6-15-25(22-12-8-7-9-13-22)34-20-21-11-10-14-23(18-21)32-17-16-31(3)27-24(28(32)33)19-29-26(5-2)30-27/h7-14,18-19,25H,4-6,15-17,20H2,1-3H3. The first-order valence-corrected chi connectivity index (χ1v) is 12.2. The Hall–Kier alpha value is -3.25. The number of carbonyl (C=O) groups excluding carboxylic acids is 1. The molecule has 0 saturated carbocycles. The van der Waals surface area contributed by atoms with Crippen molar-refractivity contribution in [2.45, 2.75) is 52.2 Å². The van der Waals surface area contributed by atoms with E-state index in [0.29, 0.717) is 31.1 Å². The van der Waals surface area contributed by atoms with Gasteiger partial charge >= 0.3 is 0 Å². The molecule has 178 valence electrons. The molecule has 34 heavy (non-hydrogen) atoms. The van der Waals surface area contributed by atoms with Crippen LogP contribution in [0.4, 0.5) is 11.5 Å². The Morgan fingerprint density at radius 2 is 1.88 bits per heavy atom. The first-order valence-electron chi connectivity index (χ1n) is 12.2. The van der Waals surface area contributed by atoms with Crippen molar-refractivity contribution in [2.24, 2.45) is 0 Å². The molecule has 0 N–H and O–H groups in total. The van der Waals surface area contributed by atoms with E-state index in [9.17, 15) is 4.79 Å². The van der Waals surface area contributed by atoms with Crippen molar-refractivity contribution in [3.8, 4) is 0 Å². The molecule has 0 aliphatic carbocycles. The summed E-state index contributed by atoms with van der Waals surface area (Å²) in [6.07, 6.45) is 5.73. The van der Waals surface area contributed by atoms with Crippen LogP contribution in [0, 0.1) is 0 Å². The van der Waals surface area contributed by atoms with E-state index in [-0.39, 0.29) is 12.0 Å². The van der Waals surface area contributed by atoms with Crippen LogP contribution >= 0.6 is 0 Å². The Kier molecular flexibility index (Phi) is 7.91. The first kappa shape index (κ1) is 23.9. The summed E-state index contributed by atoms with van der Waals surface area (Å²) in [7, 11) is 1.98. The fraction of sp³-hybridized carbons (Fsp3) is 0.393. The van der Waals surface area contributed by atoms with Gasteiger partial charge in [0.1, 0.15) is 17.2 Å². The lowest BCUT2D eigenvalue weighted by Crippen LogP contribution is -2.33. The third-order valence-corrected chi connectivity index (χ3v) is 6.30. The molecular weight excluding hydrogens is 424 g/mol. The lowest BCUT2D eigenvalue weighted by Gasteiger charge is -2.22. The summed E-state index contributed by atoms with van der Waals surface area (Å²) in [5.74, 6) is 1.40. The molecule has 0 saturated heterocycles. The van der Waals surface area contributed by atoms with Gasteiger partial charge in [-0.3, -0.25) is 4.79 Å². The summed E-state index contributed by atoms with van der Waals surface area (Å²) in [4.78, 5) is 26.3. The zero-order valence-corrected chi connectivity index (χ0v) is 20.4. The molecular formula is C28H34N4O2. The van der Waals surface area contributed by atoms with Gasteiger partial charge in [-0.1, -0.05) is 69.2 Å². The van der Waals surface area contributed by atoms with E-state index < -0.39 is 0 Å². The topological polar surface area (TPSA) is 58.6 Å². The number of fused-ring (bicyclic) bond motifs is 1. The highest BCUT2D eigenvalue weighted by Gasteiger charge is 2.28. The summed E-state index contributed by atoms with van der Waals surface area (Å²) >= 11 is 0. The molecule has 0 bridgehead atoms. The van der Waals surface area contributed by atoms with Crippen molar-refractivity contribution in [3.63, 3.8) is 0 Å². The van der Waals surface area contributed by atoms with Gasteiger partial charge in [0.2, 0.25) is 0 Å². The summed E-state index contributed by atoms with van der Waals surface area (Å²) in [6, 6.07) is 18.5. The minimum Gasteiger partial charge on any atom is -0.369 e. The highest BCUT2D eigenvalue weighted by Crippen LogP contribution is 2.28. The van der Waals surface area contributed by atoms with E-state index in [1.807, 2.05) is 42.0 Å². The molecule has 6 nitrogen and oxygen atoms in total. The van der Waals surface area contributed by atoms with Crippen LogP contribution in [0.5, 0.6) is 0 Å². The highest BCUT2D eigenvalue weighted by molar-refractivity contribution is 6.09. The van der Waals surface area contributed by atoms with Crippen LogP contribution in [-0.4, -0.2) is 36.0 Å². The number of hydrogen-bond acceptors (Lipinski definition) is 5. The first-order chi connectivity index (χ1) is 16.6. The molecule has 4 rings (SSSR count). The number of nitrogens with zero attached hydrogens (tertiary/aromatic N) is 4.